The minimum atomic E-state index is -3.47. The molecule has 0 aliphatic rings. The number of hydrogen-bond acceptors (Lipinski definition) is 5. The van der Waals surface area contributed by atoms with Crippen LogP contribution in [0.2, 0.25) is 0 Å². The Kier molecular flexibility index (Phi) is 10.0. The zero-order valence-electron chi connectivity index (χ0n) is 21.2. The second-order valence-corrected chi connectivity index (χ2v) is 12.4. The highest BCUT2D eigenvalue weighted by molar-refractivity contribution is 7.90. The molecule has 8 heteroatoms. The summed E-state index contributed by atoms with van der Waals surface area (Å²) in [4.78, 5) is 25.6. The van der Waals surface area contributed by atoms with E-state index >= 15 is 0 Å². The lowest BCUT2D eigenvalue weighted by atomic mass is 9.91. The quantitative estimate of drug-likeness (QED) is 0.436. The summed E-state index contributed by atoms with van der Waals surface area (Å²) in [5, 5.41) is 16.8. The number of benzene rings is 2. The molecule has 0 aromatic heterocycles. The highest BCUT2D eigenvalue weighted by atomic mass is 32.2. The molecule has 0 unspecified atom stereocenters. The molecule has 0 heterocycles. The monoisotopic (exact) mass is 502 g/mol. The van der Waals surface area contributed by atoms with Crippen LogP contribution in [0.25, 0.3) is 0 Å². The highest BCUT2D eigenvalue weighted by Crippen LogP contribution is 2.18. The average Bonchev–Trinajstić information content (AvgIpc) is 2.77. The van der Waals surface area contributed by atoms with Gasteiger partial charge in [-0.15, -0.1) is 0 Å². The molecule has 0 fully saturated rings. The van der Waals surface area contributed by atoms with Crippen molar-refractivity contribution in [2.75, 3.05) is 12.8 Å². The van der Waals surface area contributed by atoms with Gasteiger partial charge in [0.25, 0.3) is 5.91 Å². The van der Waals surface area contributed by atoms with E-state index in [0.717, 1.165) is 18.2 Å². The Hall–Kier alpha value is -2.71. The Labute approximate surface area is 209 Å². The van der Waals surface area contributed by atoms with Gasteiger partial charge in [-0.05, 0) is 48.4 Å². The number of hydrogen-bond donors (Lipinski definition) is 3. The third-order valence-corrected chi connectivity index (χ3v) is 6.93. The highest BCUT2D eigenvalue weighted by Gasteiger charge is 2.27. The van der Waals surface area contributed by atoms with E-state index in [0.29, 0.717) is 13.0 Å². The molecule has 2 rings (SSSR count). The summed E-state index contributed by atoms with van der Waals surface area (Å²) in [6.45, 7) is 8.63. The van der Waals surface area contributed by atoms with Gasteiger partial charge >= 0.3 is 0 Å². The summed E-state index contributed by atoms with van der Waals surface area (Å²) in [5.74, 6) is -1.08. The molecular weight excluding hydrogens is 464 g/mol. The van der Waals surface area contributed by atoms with Crippen molar-refractivity contribution in [3.63, 3.8) is 0 Å². The molecule has 2 amide bonds. The Bertz CT molecular complexity index is 1090. The van der Waals surface area contributed by atoms with Crippen LogP contribution in [0.15, 0.2) is 59.5 Å². The van der Waals surface area contributed by atoms with Gasteiger partial charge in [0.15, 0.2) is 9.84 Å². The van der Waals surface area contributed by atoms with E-state index in [-0.39, 0.29) is 28.2 Å². The van der Waals surface area contributed by atoms with Gasteiger partial charge in [0.2, 0.25) is 5.91 Å². The SMILES string of the molecule is C[C@H](C[C@@H](O)[C@H](Cc1ccccc1)NC(=O)c1cccc(S(C)(=O)=O)c1)C(=O)NCCC(C)(C)C. The van der Waals surface area contributed by atoms with Gasteiger partial charge in [0.1, 0.15) is 0 Å². The second kappa shape index (κ2) is 12.3. The fourth-order valence-corrected chi connectivity index (χ4v) is 4.31. The Morgan fingerprint density at radius 3 is 2.29 bits per heavy atom. The van der Waals surface area contributed by atoms with Crippen LogP contribution in [0.4, 0.5) is 0 Å². The van der Waals surface area contributed by atoms with E-state index in [4.69, 9.17) is 0 Å². The zero-order chi connectivity index (χ0) is 26.2. The lowest BCUT2D eigenvalue weighted by molar-refractivity contribution is -0.125. The van der Waals surface area contributed by atoms with E-state index in [2.05, 4.69) is 31.4 Å². The first-order chi connectivity index (χ1) is 16.3. The number of amides is 2. The van der Waals surface area contributed by atoms with E-state index in [9.17, 15) is 23.1 Å². The van der Waals surface area contributed by atoms with Crippen molar-refractivity contribution in [2.45, 2.75) is 64.0 Å². The van der Waals surface area contributed by atoms with Gasteiger partial charge in [0.05, 0.1) is 17.0 Å². The van der Waals surface area contributed by atoms with Crippen molar-refractivity contribution in [1.82, 2.24) is 10.6 Å². The molecule has 2 aromatic rings. The molecule has 3 atom stereocenters. The first-order valence-electron chi connectivity index (χ1n) is 11.9. The standard InChI is InChI=1S/C27H38N2O5S/c1-19(25(31)28-15-14-27(2,3)4)16-24(30)23(17-20-10-7-6-8-11-20)29-26(32)21-12-9-13-22(18-21)35(5,33)34/h6-13,18-19,23-24,30H,14-17H2,1-5H3,(H,28,31)(H,29,32)/t19-,23+,24-/m1/s1. The molecule has 0 saturated heterocycles. The summed E-state index contributed by atoms with van der Waals surface area (Å²) in [6.07, 6.45) is 1.47. The van der Waals surface area contributed by atoms with Crippen molar-refractivity contribution in [3.8, 4) is 0 Å². The van der Waals surface area contributed by atoms with Crippen LogP contribution in [0, 0.1) is 11.3 Å². The van der Waals surface area contributed by atoms with Crippen LogP contribution in [-0.4, -0.2) is 50.3 Å². The molecule has 7 nitrogen and oxygen atoms in total. The number of aliphatic hydroxyl groups is 1. The summed E-state index contributed by atoms with van der Waals surface area (Å²) >= 11 is 0. The largest absolute Gasteiger partial charge is 0.391 e. The molecule has 0 saturated carbocycles. The molecule has 35 heavy (non-hydrogen) atoms. The van der Waals surface area contributed by atoms with Crippen LogP contribution in [0.3, 0.4) is 0 Å². The van der Waals surface area contributed by atoms with E-state index in [1.165, 1.54) is 24.3 Å². The molecule has 3 N–H and O–H groups in total. The maximum atomic E-state index is 13.0. The molecule has 192 valence electrons. The topological polar surface area (TPSA) is 113 Å². The summed E-state index contributed by atoms with van der Waals surface area (Å²) in [7, 11) is -3.47. The van der Waals surface area contributed by atoms with Gasteiger partial charge in [0, 0.05) is 24.3 Å². The predicted octanol–water partition coefficient (Wildman–Crippen LogP) is 3.37. The van der Waals surface area contributed by atoms with Gasteiger partial charge in [-0.1, -0.05) is 64.1 Å². The minimum Gasteiger partial charge on any atom is -0.391 e. The van der Waals surface area contributed by atoms with Crippen LogP contribution in [-0.2, 0) is 21.1 Å². The fraction of sp³-hybridized carbons (Fsp3) is 0.481. The lowest BCUT2D eigenvalue weighted by Gasteiger charge is -2.27. The number of carbonyl (C=O) groups excluding carboxylic acids is 2. The van der Waals surface area contributed by atoms with Crippen molar-refractivity contribution in [3.05, 3.63) is 65.7 Å². The number of carbonyl (C=O) groups is 2. The normalized spacial score (nSPS) is 14.6. The molecule has 0 aliphatic carbocycles. The van der Waals surface area contributed by atoms with Crippen LogP contribution in [0.5, 0.6) is 0 Å². The number of rotatable bonds is 11. The summed E-state index contributed by atoms with van der Waals surface area (Å²) in [5.41, 5.74) is 1.21. The van der Waals surface area contributed by atoms with Crippen molar-refractivity contribution >= 4 is 21.7 Å². The first kappa shape index (κ1) is 28.5. The Balaban J connectivity index is 2.13. The second-order valence-electron chi connectivity index (χ2n) is 10.4. The van der Waals surface area contributed by atoms with E-state index < -0.39 is 33.8 Å². The van der Waals surface area contributed by atoms with Gasteiger partial charge in [-0.3, -0.25) is 9.59 Å². The summed E-state index contributed by atoms with van der Waals surface area (Å²) < 4.78 is 23.8. The van der Waals surface area contributed by atoms with Crippen LogP contribution >= 0.6 is 0 Å². The van der Waals surface area contributed by atoms with Gasteiger partial charge in [-0.2, -0.15) is 0 Å². The third-order valence-electron chi connectivity index (χ3n) is 5.82. The predicted molar refractivity (Wildman–Crippen MR) is 138 cm³/mol. The molecule has 0 radical (unpaired) electrons. The Morgan fingerprint density at radius 2 is 1.69 bits per heavy atom. The number of nitrogens with one attached hydrogen (secondary N) is 2. The van der Waals surface area contributed by atoms with Crippen molar-refractivity contribution in [2.24, 2.45) is 11.3 Å². The molecule has 0 bridgehead atoms. The van der Waals surface area contributed by atoms with Crippen molar-refractivity contribution < 1.29 is 23.1 Å². The van der Waals surface area contributed by atoms with E-state index in [1.54, 1.807) is 6.92 Å². The fourth-order valence-electron chi connectivity index (χ4n) is 3.64. The molecule has 2 aromatic carbocycles. The first-order valence-corrected chi connectivity index (χ1v) is 13.8. The van der Waals surface area contributed by atoms with Gasteiger partial charge < -0.3 is 15.7 Å². The molecular formula is C27H38N2O5S. The van der Waals surface area contributed by atoms with Crippen LogP contribution in [0.1, 0.15) is 56.5 Å². The maximum absolute atomic E-state index is 13.0. The van der Waals surface area contributed by atoms with Crippen LogP contribution < -0.4 is 10.6 Å². The average molecular weight is 503 g/mol. The summed E-state index contributed by atoms with van der Waals surface area (Å²) in [6, 6.07) is 14.6. The molecule has 0 aliphatic heterocycles. The number of aliphatic hydroxyl groups excluding tert-OH is 1. The maximum Gasteiger partial charge on any atom is 0.251 e. The van der Waals surface area contributed by atoms with E-state index in [1.807, 2.05) is 30.3 Å². The zero-order valence-corrected chi connectivity index (χ0v) is 22.1. The minimum absolute atomic E-state index is 0.0471. The smallest absolute Gasteiger partial charge is 0.251 e. The van der Waals surface area contributed by atoms with Gasteiger partial charge in [-0.25, -0.2) is 8.42 Å². The Morgan fingerprint density at radius 1 is 1.03 bits per heavy atom. The van der Waals surface area contributed by atoms with Crippen molar-refractivity contribution in [1.29, 1.82) is 0 Å². The lowest BCUT2D eigenvalue weighted by Crippen LogP contribution is -2.46. The third kappa shape index (κ3) is 9.82. The number of sulfone groups is 1. The molecule has 0 spiro atoms.